The Hall–Kier alpha value is -2.73. The molecule has 23 heavy (non-hydrogen) atoms. The van der Waals surface area contributed by atoms with E-state index in [9.17, 15) is 9.50 Å². The summed E-state index contributed by atoms with van der Waals surface area (Å²) in [4.78, 5) is 0. The molecular weight excluding hydrogens is 313 g/mol. The quantitative estimate of drug-likeness (QED) is 0.340. The molecule has 0 spiro atoms. The number of rotatable bonds is 5. The van der Waals surface area contributed by atoms with Crippen molar-refractivity contribution in [3.05, 3.63) is 72.1 Å². The third-order valence-corrected chi connectivity index (χ3v) is 3.18. The summed E-state index contributed by atoms with van der Waals surface area (Å²) in [7, 11) is 0. The lowest BCUT2D eigenvalue weighted by Crippen LogP contribution is -2.23. The van der Waals surface area contributed by atoms with Gasteiger partial charge >= 0.3 is 0 Å². The predicted molar refractivity (Wildman–Crippen MR) is 95.4 cm³/mol. The van der Waals surface area contributed by atoms with Crippen molar-refractivity contribution in [2.75, 3.05) is 5.32 Å². The van der Waals surface area contributed by atoms with Crippen molar-refractivity contribution in [2.24, 2.45) is 5.10 Å². The van der Waals surface area contributed by atoms with E-state index in [0.717, 1.165) is 5.56 Å². The summed E-state index contributed by atoms with van der Waals surface area (Å²) >= 11 is 5.08. The lowest BCUT2D eigenvalue weighted by Gasteiger charge is -2.07. The molecule has 2 aromatic rings. The van der Waals surface area contributed by atoms with E-state index in [-0.39, 0.29) is 16.7 Å². The Kier molecular flexibility index (Phi) is 5.82. The molecule has 0 atom stereocenters. The van der Waals surface area contributed by atoms with Crippen LogP contribution in [-0.4, -0.2) is 16.4 Å². The first-order chi connectivity index (χ1) is 11.1. The van der Waals surface area contributed by atoms with Gasteiger partial charge in [0.05, 0.1) is 6.21 Å². The fourth-order valence-electron chi connectivity index (χ4n) is 1.89. The molecule has 6 heteroatoms. The molecule has 0 aromatic heterocycles. The Morgan fingerprint density at radius 2 is 2.00 bits per heavy atom. The maximum Gasteiger partial charge on any atom is 0.191 e. The van der Waals surface area contributed by atoms with Crippen LogP contribution in [0.15, 0.2) is 60.2 Å². The third kappa shape index (κ3) is 4.89. The molecule has 4 nitrogen and oxygen atoms in total. The Labute approximate surface area is 139 Å². The smallest absolute Gasteiger partial charge is 0.191 e. The average Bonchev–Trinajstić information content (AvgIpc) is 2.53. The number of allylic oxidation sites excluding steroid dienone is 1. The number of phenols is 1. The Morgan fingerprint density at radius 1 is 1.26 bits per heavy atom. The summed E-state index contributed by atoms with van der Waals surface area (Å²) in [5, 5.41) is 17.2. The number of phenolic OH excluding ortho intramolecular Hbond substituents is 1. The van der Waals surface area contributed by atoms with Crippen LogP contribution in [0.1, 0.15) is 11.1 Å². The van der Waals surface area contributed by atoms with Gasteiger partial charge in [-0.3, -0.25) is 5.43 Å². The highest BCUT2D eigenvalue weighted by Crippen LogP contribution is 2.21. The second-order valence-corrected chi connectivity index (χ2v) is 5.09. The highest BCUT2D eigenvalue weighted by atomic mass is 32.1. The van der Waals surface area contributed by atoms with Gasteiger partial charge in [-0.1, -0.05) is 18.2 Å². The summed E-state index contributed by atoms with van der Waals surface area (Å²) in [5.74, 6) is -0.155. The number of aromatic hydroxyl groups is 1. The number of anilines is 1. The van der Waals surface area contributed by atoms with Crippen LogP contribution in [0.5, 0.6) is 5.75 Å². The van der Waals surface area contributed by atoms with Crippen LogP contribution in [0.4, 0.5) is 10.1 Å². The first-order valence-corrected chi connectivity index (χ1v) is 7.28. The van der Waals surface area contributed by atoms with E-state index in [1.807, 2.05) is 12.1 Å². The third-order valence-electron chi connectivity index (χ3n) is 2.99. The van der Waals surface area contributed by atoms with E-state index in [1.165, 1.54) is 18.3 Å². The topological polar surface area (TPSA) is 56.7 Å². The van der Waals surface area contributed by atoms with Gasteiger partial charge in [-0.2, -0.15) is 5.10 Å². The number of nitrogens with one attached hydrogen (secondary N) is 2. The summed E-state index contributed by atoms with van der Waals surface area (Å²) in [6, 6.07) is 11.2. The first-order valence-electron chi connectivity index (χ1n) is 6.87. The first kappa shape index (κ1) is 16.6. The molecule has 2 aromatic carbocycles. The molecule has 0 fully saturated rings. The SMILES string of the molecule is C=CCc1cccc(/C=N\NC(=S)Nc2ccc(F)cc2)c1O. The molecule has 0 saturated carbocycles. The number of thiocarbonyl (C=S) groups is 1. The van der Waals surface area contributed by atoms with Crippen LogP contribution in [0.25, 0.3) is 0 Å². The van der Waals surface area contributed by atoms with Gasteiger partial charge in [0.25, 0.3) is 0 Å². The van der Waals surface area contributed by atoms with Gasteiger partial charge in [-0.05, 0) is 54.5 Å². The zero-order chi connectivity index (χ0) is 16.7. The zero-order valence-electron chi connectivity index (χ0n) is 12.3. The maximum atomic E-state index is 12.8. The highest BCUT2D eigenvalue weighted by Gasteiger charge is 2.03. The van der Waals surface area contributed by atoms with Crippen LogP contribution < -0.4 is 10.7 Å². The van der Waals surface area contributed by atoms with Gasteiger partial charge in [0, 0.05) is 11.3 Å². The van der Waals surface area contributed by atoms with Crippen molar-refractivity contribution in [3.8, 4) is 5.75 Å². The molecule has 0 saturated heterocycles. The van der Waals surface area contributed by atoms with Crippen LogP contribution in [0, 0.1) is 5.82 Å². The Morgan fingerprint density at radius 3 is 2.70 bits per heavy atom. The van der Waals surface area contributed by atoms with Gasteiger partial charge in [0.1, 0.15) is 11.6 Å². The zero-order valence-corrected chi connectivity index (χ0v) is 13.1. The van der Waals surface area contributed by atoms with Gasteiger partial charge in [-0.25, -0.2) is 4.39 Å². The van der Waals surface area contributed by atoms with Gasteiger partial charge < -0.3 is 10.4 Å². The molecule has 118 valence electrons. The van der Waals surface area contributed by atoms with Crippen molar-refractivity contribution >= 4 is 29.2 Å². The lowest BCUT2D eigenvalue weighted by atomic mass is 10.1. The summed E-state index contributed by atoms with van der Waals surface area (Å²) in [6.07, 6.45) is 3.77. The number of para-hydroxylation sites is 1. The molecule has 0 aliphatic heterocycles. The molecule has 0 heterocycles. The summed E-state index contributed by atoms with van der Waals surface area (Å²) in [5.41, 5.74) is 4.63. The van der Waals surface area contributed by atoms with Gasteiger partial charge in [-0.15, -0.1) is 6.58 Å². The monoisotopic (exact) mass is 329 g/mol. The molecule has 3 N–H and O–H groups in total. The van der Waals surface area contributed by atoms with Crippen LogP contribution in [0.3, 0.4) is 0 Å². The molecule has 0 radical (unpaired) electrons. The molecule has 0 unspecified atom stereocenters. The minimum atomic E-state index is -0.317. The molecule has 0 bridgehead atoms. The van der Waals surface area contributed by atoms with Crippen LogP contribution in [0.2, 0.25) is 0 Å². The summed E-state index contributed by atoms with van der Waals surface area (Å²) in [6.45, 7) is 3.65. The van der Waals surface area contributed by atoms with Crippen molar-refractivity contribution < 1.29 is 9.50 Å². The van der Waals surface area contributed by atoms with E-state index < -0.39 is 0 Å². The summed E-state index contributed by atoms with van der Waals surface area (Å²) < 4.78 is 12.8. The average molecular weight is 329 g/mol. The van der Waals surface area contributed by atoms with Crippen LogP contribution in [-0.2, 0) is 6.42 Å². The standard InChI is InChI=1S/C17H16FN3OS/c1-2-4-12-5-3-6-13(16(12)22)11-19-21-17(23)20-15-9-7-14(18)8-10-15/h2-3,5-11,22H,1,4H2,(H2,20,21,23)/b19-11-. The predicted octanol–water partition coefficient (Wildman–Crippen LogP) is 3.58. The molecule has 2 rings (SSSR count). The van der Waals surface area contributed by atoms with Gasteiger partial charge in [0.15, 0.2) is 5.11 Å². The van der Waals surface area contributed by atoms with Crippen molar-refractivity contribution in [2.45, 2.75) is 6.42 Å². The molecule has 0 amide bonds. The number of hydrogen-bond acceptors (Lipinski definition) is 3. The fourth-order valence-corrected chi connectivity index (χ4v) is 2.06. The maximum absolute atomic E-state index is 12.8. The lowest BCUT2D eigenvalue weighted by molar-refractivity contribution is 0.469. The second kappa shape index (κ2) is 8.05. The Bertz CT molecular complexity index is 729. The number of hydrogen-bond donors (Lipinski definition) is 3. The molecule has 0 aliphatic rings. The van der Waals surface area contributed by atoms with Crippen molar-refractivity contribution in [1.29, 1.82) is 0 Å². The number of hydrazone groups is 1. The van der Waals surface area contributed by atoms with Gasteiger partial charge in [0.2, 0.25) is 0 Å². The second-order valence-electron chi connectivity index (χ2n) is 4.68. The van der Waals surface area contributed by atoms with E-state index in [2.05, 4.69) is 22.4 Å². The van der Waals surface area contributed by atoms with E-state index in [0.29, 0.717) is 17.7 Å². The van der Waals surface area contributed by atoms with E-state index in [4.69, 9.17) is 12.2 Å². The normalized spacial score (nSPS) is 10.5. The van der Waals surface area contributed by atoms with Crippen molar-refractivity contribution in [3.63, 3.8) is 0 Å². The van der Waals surface area contributed by atoms with Crippen LogP contribution >= 0.6 is 12.2 Å². The van der Waals surface area contributed by atoms with Crippen molar-refractivity contribution in [1.82, 2.24) is 5.43 Å². The van der Waals surface area contributed by atoms with E-state index >= 15 is 0 Å². The van der Waals surface area contributed by atoms with E-state index in [1.54, 1.807) is 24.3 Å². The molecule has 0 aliphatic carbocycles. The number of nitrogens with zero attached hydrogens (tertiary/aromatic N) is 1. The minimum Gasteiger partial charge on any atom is -0.507 e. The molecular formula is C17H16FN3OS. The Balaban J connectivity index is 1.96. The largest absolute Gasteiger partial charge is 0.507 e. The number of halogens is 1. The number of benzene rings is 2. The minimum absolute atomic E-state index is 0.162. The fraction of sp³-hybridized carbons (Fsp3) is 0.0588. The highest BCUT2D eigenvalue weighted by molar-refractivity contribution is 7.80.